The van der Waals surface area contributed by atoms with Gasteiger partial charge in [0, 0.05) is 0 Å². The van der Waals surface area contributed by atoms with Crippen LogP contribution in [0.2, 0.25) is 0 Å². The van der Waals surface area contributed by atoms with E-state index in [4.69, 9.17) is 10.5 Å². The highest BCUT2D eigenvalue weighted by Crippen LogP contribution is 2.23. The van der Waals surface area contributed by atoms with Gasteiger partial charge in [-0.3, -0.25) is 4.79 Å². The Morgan fingerprint density at radius 2 is 2.00 bits per heavy atom. The summed E-state index contributed by atoms with van der Waals surface area (Å²) in [6, 6.07) is 8.84. The van der Waals surface area contributed by atoms with E-state index in [0.29, 0.717) is 12.8 Å². The zero-order chi connectivity index (χ0) is 14.7. The van der Waals surface area contributed by atoms with Crippen molar-refractivity contribution in [1.82, 2.24) is 0 Å². The average molecular weight is 275 g/mol. The van der Waals surface area contributed by atoms with E-state index in [1.807, 2.05) is 30.3 Å². The number of Topliss-reactive ketones (excluding diaryl/α,β-unsaturated/α-hetero) is 1. The SMILES string of the molecule is CC(N)C(O)=C1C(=O)OC(CCc2ccccc2)C1=O. The van der Waals surface area contributed by atoms with Crippen molar-refractivity contribution in [3.8, 4) is 0 Å². The van der Waals surface area contributed by atoms with Crippen LogP contribution < -0.4 is 5.73 Å². The quantitative estimate of drug-likeness (QED) is 0.374. The van der Waals surface area contributed by atoms with Gasteiger partial charge in [0.1, 0.15) is 11.3 Å². The number of nitrogens with two attached hydrogens (primary N) is 1. The third-order valence-corrected chi connectivity index (χ3v) is 3.22. The number of ether oxygens (including phenoxy) is 1. The summed E-state index contributed by atoms with van der Waals surface area (Å²) in [5, 5.41) is 9.70. The van der Waals surface area contributed by atoms with Crippen molar-refractivity contribution in [3.63, 3.8) is 0 Å². The van der Waals surface area contributed by atoms with Gasteiger partial charge in [-0.05, 0) is 25.3 Å². The Labute approximate surface area is 117 Å². The number of benzene rings is 1. The second kappa shape index (κ2) is 5.88. The normalized spacial score (nSPS) is 22.6. The maximum Gasteiger partial charge on any atom is 0.346 e. The molecule has 5 nitrogen and oxygen atoms in total. The molecular weight excluding hydrogens is 258 g/mol. The van der Waals surface area contributed by atoms with Crippen LogP contribution in [0.5, 0.6) is 0 Å². The van der Waals surface area contributed by atoms with Crippen LogP contribution in [0.25, 0.3) is 0 Å². The topological polar surface area (TPSA) is 89.6 Å². The van der Waals surface area contributed by atoms with Gasteiger partial charge in [-0.2, -0.15) is 0 Å². The van der Waals surface area contributed by atoms with Crippen molar-refractivity contribution in [2.45, 2.75) is 31.9 Å². The molecule has 2 atom stereocenters. The Morgan fingerprint density at radius 3 is 2.60 bits per heavy atom. The van der Waals surface area contributed by atoms with Crippen LogP contribution in [0, 0.1) is 0 Å². The highest BCUT2D eigenvalue weighted by molar-refractivity contribution is 6.23. The number of aliphatic hydroxyl groups excluding tert-OH is 1. The fourth-order valence-corrected chi connectivity index (χ4v) is 2.09. The Kier molecular flexibility index (Phi) is 4.20. The molecule has 1 heterocycles. The number of esters is 1. The van der Waals surface area contributed by atoms with Gasteiger partial charge < -0.3 is 15.6 Å². The number of hydrogen-bond acceptors (Lipinski definition) is 5. The number of rotatable bonds is 4. The Hall–Kier alpha value is -2.14. The number of hydrogen-bond donors (Lipinski definition) is 2. The van der Waals surface area contributed by atoms with Gasteiger partial charge in [-0.1, -0.05) is 30.3 Å². The minimum atomic E-state index is -0.835. The molecule has 5 heteroatoms. The second-order valence-corrected chi connectivity index (χ2v) is 4.83. The number of carbonyl (C=O) groups excluding carboxylic acids is 2. The molecule has 20 heavy (non-hydrogen) atoms. The number of aliphatic hydroxyl groups is 1. The van der Waals surface area contributed by atoms with Crippen LogP contribution in [0.15, 0.2) is 41.7 Å². The van der Waals surface area contributed by atoms with Gasteiger partial charge in [-0.15, -0.1) is 0 Å². The lowest BCUT2D eigenvalue weighted by Gasteiger charge is -2.07. The lowest BCUT2D eigenvalue weighted by molar-refractivity contribution is -0.141. The molecule has 0 saturated carbocycles. The van der Waals surface area contributed by atoms with Gasteiger partial charge in [0.2, 0.25) is 5.78 Å². The van der Waals surface area contributed by atoms with Crippen molar-refractivity contribution in [1.29, 1.82) is 0 Å². The summed E-state index contributed by atoms with van der Waals surface area (Å²) in [6.45, 7) is 1.50. The van der Waals surface area contributed by atoms with Crippen LogP contribution in [-0.4, -0.2) is 29.0 Å². The fraction of sp³-hybridized carbons (Fsp3) is 0.333. The Morgan fingerprint density at radius 1 is 1.35 bits per heavy atom. The zero-order valence-corrected chi connectivity index (χ0v) is 11.2. The first-order valence-corrected chi connectivity index (χ1v) is 6.48. The van der Waals surface area contributed by atoms with E-state index < -0.39 is 29.7 Å². The smallest absolute Gasteiger partial charge is 0.346 e. The summed E-state index contributed by atoms with van der Waals surface area (Å²) in [6.07, 6.45) is 0.180. The Balaban J connectivity index is 2.07. The van der Waals surface area contributed by atoms with E-state index in [-0.39, 0.29) is 5.57 Å². The highest BCUT2D eigenvalue weighted by atomic mass is 16.6. The summed E-state index contributed by atoms with van der Waals surface area (Å²) in [4.78, 5) is 23.7. The summed E-state index contributed by atoms with van der Waals surface area (Å²) in [5.41, 5.74) is 6.24. The molecule has 106 valence electrons. The van der Waals surface area contributed by atoms with E-state index in [2.05, 4.69) is 0 Å². The van der Waals surface area contributed by atoms with Crippen LogP contribution in [0.4, 0.5) is 0 Å². The van der Waals surface area contributed by atoms with E-state index in [1.54, 1.807) is 0 Å². The van der Waals surface area contributed by atoms with E-state index in [1.165, 1.54) is 6.92 Å². The van der Waals surface area contributed by atoms with Crippen LogP contribution in [0.1, 0.15) is 18.9 Å². The van der Waals surface area contributed by atoms with Gasteiger partial charge in [0.05, 0.1) is 6.04 Å². The summed E-state index contributed by atoms with van der Waals surface area (Å²) in [5.74, 6) is -1.68. The molecule has 1 aromatic rings. The predicted octanol–water partition coefficient (Wildman–Crippen LogP) is 1.27. The minimum Gasteiger partial charge on any atom is -0.510 e. The standard InChI is InChI=1S/C15H17NO4/c1-9(16)13(17)12-14(18)11(20-15(12)19)8-7-10-5-3-2-4-6-10/h2-6,9,11,17H,7-8,16H2,1H3. The van der Waals surface area contributed by atoms with E-state index >= 15 is 0 Å². The van der Waals surface area contributed by atoms with Gasteiger partial charge in [-0.25, -0.2) is 4.79 Å². The van der Waals surface area contributed by atoms with Gasteiger partial charge >= 0.3 is 5.97 Å². The lowest BCUT2D eigenvalue weighted by atomic mass is 10.0. The van der Waals surface area contributed by atoms with Crippen LogP contribution >= 0.6 is 0 Å². The zero-order valence-electron chi connectivity index (χ0n) is 11.2. The maximum atomic E-state index is 12.1. The molecule has 1 fully saturated rings. The van der Waals surface area contributed by atoms with Crippen molar-refractivity contribution in [2.24, 2.45) is 5.73 Å². The third kappa shape index (κ3) is 2.88. The molecule has 1 aliphatic rings. The van der Waals surface area contributed by atoms with Crippen LogP contribution in [-0.2, 0) is 20.7 Å². The molecule has 2 unspecified atom stereocenters. The maximum absolute atomic E-state index is 12.1. The van der Waals surface area contributed by atoms with Crippen LogP contribution in [0.3, 0.4) is 0 Å². The molecular formula is C15H17NO4. The van der Waals surface area contributed by atoms with E-state index in [9.17, 15) is 14.7 Å². The molecule has 0 aliphatic carbocycles. The predicted molar refractivity (Wildman–Crippen MR) is 73.0 cm³/mol. The molecule has 0 amide bonds. The molecule has 1 aliphatic heterocycles. The number of cyclic esters (lactones) is 1. The summed E-state index contributed by atoms with van der Waals surface area (Å²) in [7, 11) is 0. The second-order valence-electron chi connectivity index (χ2n) is 4.83. The first kappa shape index (κ1) is 14.3. The molecule has 1 saturated heterocycles. The molecule has 0 spiro atoms. The molecule has 2 rings (SSSR count). The molecule has 3 N–H and O–H groups in total. The fourth-order valence-electron chi connectivity index (χ4n) is 2.09. The number of carbonyl (C=O) groups is 2. The monoisotopic (exact) mass is 275 g/mol. The van der Waals surface area contributed by atoms with Gasteiger partial charge in [0.15, 0.2) is 6.10 Å². The highest BCUT2D eigenvalue weighted by Gasteiger charge is 2.41. The first-order valence-electron chi connectivity index (χ1n) is 6.48. The first-order chi connectivity index (χ1) is 9.50. The number of aryl methyl sites for hydroxylation is 1. The van der Waals surface area contributed by atoms with Crippen molar-refractivity contribution < 1.29 is 19.4 Å². The largest absolute Gasteiger partial charge is 0.510 e. The molecule has 0 aromatic heterocycles. The Bertz CT molecular complexity index is 548. The van der Waals surface area contributed by atoms with Crippen molar-refractivity contribution in [2.75, 3.05) is 0 Å². The molecule has 0 bridgehead atoms. The van der Waals surface area contributed by atoms with Crippen molar-refractivity contribution in [3.05, 3.63) is 47.2 Å². The summed E-state index contributed by atoms with van der Waals surface area (Å²) >= 11 is 0. The van der Waals surface area contributed by atoms with E-state index in [0.717, 1.165) is 5.56 Å². The number of ketones is 1. The third-order valence-electron chi connectivity index (χ3n) is 3.22. The lowest BCUT2D eigenvalue weighted by Crippen LogP contribution is -2.23. The molecule has 0 radical (unpaired) electrons. The average Bonchev–Trinajstić information content (AvgIpc) is 2.71. The summed E-state index contributed by atoms with van der Waals surface area (Å²) < 4.78 is 5.02. The van der Waals surface area contributed by atoms with Gasteiger partial charge in [0.25, 0.3) is 0 Å². The molecule has 1 aromatic carbocycles. The minimum absolute atomic E-state index is 0.307. The van der Waals surface area contributed by atoms with Crippen molar-refractivity contribution >= 4 is 11.8 Å².